The summed E-state index contributed by atoms with van der Waals surface area (Å²) in [6, 6.07) is 3.91. The van der Waals surface area contributed by atoms with E-state index in [-0.39, 0.29) is 0 Å². The average molecular weight is 368 g/mol. The van der Waals surface area contributed by atoms with Crippen molar-refractivity contribution in [2.45, 2.75) is 9.24 Å². The van der Waals surface area contributed by atoms with Crippen LogP contribution in [0.5, 0.6) is 0 Å². The molecule has 0 unspecified atom stereocenters. The van der Waals surface area contributed by atoms with Crippen molar-refractivity contribution >= 4 is 55.2 Å². The molecule has 0 aliphatic heterocycles. The highest BCUT2D eigenvalue weighted by atomic mass is 79.9. The van der Waals surface area contributed by atoms with Gasteiger partial charge in [-0.3, -0.25) is 9.97 Å². The van der Waals surface area contributed by atoms with Crippen LogP contribution in [0.2, 0.25) is 0 Å². The molecule has 0 N–H and O–H groups in total. The molecule has 3 aromatic heterocycles. The Morgan fingerprint density at radius 3 is 2.85 bits per heavy atom. The Labute approximate surface area is 132 Å². The quantitative estimate of drug-likeness (QED) is 0.706. The van der Waals surface area contributed by atoms with Gasteiger partial charge in [-0.25, -0.2) is 0 Å². The third-order valence-corrected chi connectivity index (χ3v) is 5.11. The second-order valence-electron chi connectivity index (χ2n) is 4.18. The molecule has 3 heterocycles. The molecular weight excluding hydrogens is 358 g/mol. The SMILES string of the molecule is CN(C)c1nnc(Sc2ccnc3cc(Br)cnc23)s1. The standard InChI is InChI=1S/C12H10BrN5S2/c1-18(2)11-16-17-12(20-11)19-9-3-4-14-8-5-7(13)6-15-10(8)9/h3-6H,1-2H3. The van der Waals surface area contributed by atoms with Crippen molar-refractivity contribution in [3.05, 3.63) is 29.0 Å². The van der Waals surface area contributed by atoms with Gasteiger partial charge in [-0.15, -0.1) is 10.2 Å². The Bertz CT molecular complexity index is 758. The van der Waals surface area contributed by atoms with Crippen LogP contribution in [0.1, 0.15) is 0 Å². The predicted octanol–water partition coefficient (Wildman–Crippen LogP) is 3.46. The Morgan fingerprint density at radius 1 is 1.25 bits per heavy atom. The van der Waals surface area contributed by atoms with E-state index in [4.69, 9.17) is 0 Å². The Hall–Kier alpha value is -1.25. The summed E-state index contributed by atoms with van der Waals surface area (Å²) in [6.07, 6.45) is 3.56. The fourth-order valence-corrected chi connectivity index (χ4v) is 3.72. The van der Waals surface area contributed by atoms with Gasteiger partial charge in [0.15, 0.2) is 4.34 Å². The molecule has 0 amide bonds. The van der Waals surface area contributed by atoms with Gasteiger partial charge >= 0.3 is 0 Å². The molecule has 8 heteroatoms. The average Bonchev–Trinajstić information content (AvgIpc) is 2.87. The molecule has 0 saturated carbocycles. The minimum atomic E-state index is 0.863. The summed E-state index contributed by atoms with van der Waals surface area (Å²) >= 11 is 6.53. The number of rotatable bonds is 3. The van der Waals surface area contributed by atoms with E-state index in [9.17, 15) is 0 Å². The molecule has 102 valence electrons. The van der Waals surface area contributed by atoms with E-state index in [1.807, 2.05) is 31.1 Å². The second kappa shape index (κ2) is 5.63. The second-order valence-corrected chi connectivity index (χ2v) is 7.34. The van der Waals surface area contributed by atoms with Gasteiger partial charge in [0.2, 0.25) is 5.13 Å². The lowest BCUT2D eigenvalue weighted by atomic mass is 10.3. The maximum atomic E-state index is 4.43. The first-order valence-electron chi connectivity index (χ1n) is 5.72. The van der Waals surface area contributed by atoms with E-state index in [0.717, 1.165) is 29.9 Å². The van der Waals surface area contributed by atoms with Gasteiger partial charge in [-0.1, -0.05) is 23.1 Å². The number of aromatic nitrogens is 4. The third-order valence-electron chi connectivity index (χ3n) is 2.48. The van der Waals surface area contributed by atoms with Crippen molar-refractivity contribution in [1.29, 1.82) is 0 Å². The fourth-order valence-electron chi connectivity index (χ4n) is 1.58. The van der Waals surface area contributed by atoms with Crippen molar-refractivity contribution in [2.24, 2.45) is 0 Å². The van der Waals surface area contributed by atoms with Gasteiger partial charge in [-0.2, -0.15) is 0 Å². The van der Waals surface area contributed by atoms with Gasteiger partial charge in [0.25, 0.3) is 0 Å². The smallest absolute Gasteiger partial charge is 0.208 e. The van der Waals surface area contributed by atoms with Gasteiger partial charge in [0, 0.05) is 35.9 Å². The molecule has 0 aliphatic carbocycles. The van der Waals surface area contributed by atoms with Crippen LogP contribution in [-0.2, 0) is 0 Å². The lowest BCUT2D eigenvalue weighted by Gasteiger charge is -2.04. The first kappa shape index (κ1) is 13.7. The Morgan fingerprint density at radius 2 is 2.10 bits per heavy atom. The van der Waals surface area contributed by atoms with Crippen LogP contribution in [0.4, 0.5) is 5.13 Å². The number of hydrogen-bond donors (Lipinski definition) is 0. The maximum absolute atomic E-state index is 4.43. The number of nitrogens with zero attached hydrogens (tertiary/aromatic N) is 5. The molecule has 0 atom stereocenters. The number of hydrogen-bond acceptors (Lipinski definition) is 7. The Balaban J connectivity index is 1.97. The van der Waals surface area contributed by atoms with Crippen LogP contribution in [0.25, 0.3) is 11.0 Å². The molecule has 0 spiro atoms. The van der Waals surface area contributed by atoms with Crippen LogP contribution in [0.3, 0.4) is 0 Å². The maximum Gasteiger partial charge on any atom is 0.208 e. The number of anilines is 1. The van der Waals surface area contributed by atoms with E-state index < -0.39 is 0 Å². The van der Waals surface area contributed by atoms with Crippen molar-refractivity contribution in [2.75, 3.05) is 19.0 Å². The van der Waals surface area contributed by atoms with E-state index in [0.29, 0.717) is 0 Å². The first-order valence-corrected chi connectivity index (χ1v) is 8.15. The summed E-state index contributed by atoms with van der Waals surface area (Å²) < 4.78 is 1.82. The summed E-state index contributed by atoms with van der Waals surface area (Å²) in [6.45, 7) is 0. The van der Waals surface area contributed by atoms with Crippen LogP contribution in [0, 0.1) is 0 Å². The Kier molecular flexibility index (Phi) is 3.86. The third kappa shape index (κ3) is 2.77. The minimum absolute atomic E-state index is 0.863. The molecule has 0 radical (unpaired) electrons. The van der Waals surface area contributed by atoms with E-state index >= 15 is 0 Å². The van der Waals surface area contributed by atoms with Gasteiger partial charge in [0.1, 0.15) is 5.52 Å². The van der Waals surface area contributed by atoms with Crippen molar-refractivity contribution in [3.8, 4) is 0 Å². The van der Waals surface area contributed by atoms with Gasteiger partial charge in [-0.05, 0) is 28.1 Å². The molecular formula is C12H10BrN5S2. The normalized spacial score (nSPS) is 10.9. The monoisotopic (exact) mass is 367 g/mol. The van der Waals surface area contributed by atoms with Crippen molar-refractivity contribution in [3.63, 3.8) is 0 Å². The summed E-state index contributed by atoms with van der Waals surface area (Å²) in [4.78, 5) is 11.7. The fraction of sp³-hybridized carbons (Fsp3) is 0.167. The number of halogens is 1. The zero-order chi connectivity index (χ0) is 14.1. The van der Waals surface area contributed by atoms with Crippen LogP contribution in [-0.4, -0.2) is 34.3 Å². The van der Waals surface area contributed by atoms with Crippen LogP contribution in [0.15, 0.2) is 38.2 Å². The predicted molar refractivity (Wildman–Crippen MR) is 85.6 cm³/mol. The molecule has 0 bridgehead atoms. The highest BCUT2D eigenvalue weighted by Crippen LogP contribution is 2.35. The van der Waals surface area contributed by atoms with Crippen LogP contribution >= 0.6 is 39.0 Å². The topological polar surface area (TPSA) is 54.8 Å². The largest absolute Gasteiger partial charge is 0.353 e. The molecule has 0 fully saturated rings. The molecule has 0 aliphatic rings. The molecule has 0 aromatic carbocycles. The lowest BCUT2D eigenvalue weighted by Crippen LogP contribution is -2.07. The number of fused-ring (bicyclic) bond motifs is 1. The highest BCUT2D eigenvalue weighted by Gasteiger charge is 2.11. The van der Waals surface area contributed by atoms with Gasteiger partial charge in [0.05, 0.1) is 5.52 Å². The molecule has 3 rings (SSSR count). The summed E-state index contributed by atoms with van der Waals surface area (Å²) in [5.74, 6) is 0. The van der Waals surface area contributed by atoms with E-state index in [1.54, 1.807) is 35.5 Å². The zero-order valence-electron chi connectivity index (χ0n) is 10.7. The molecule has 20 heavy (non-hydrogen) atoms. The minimum Gasteiger partial charge on any atom is -0.353 e. The highest BCUT2D eigenvalue weighted by molar-refractivity contribution is 9.10. The molecule has 5 nitrogen and oxygen atoms in total. The zero-order valence-corrected chi connectivity index (χ0v) is 14.0. The number of pyridine rings is 2. The van der Waals surface area contributed by atoms with E-state index in [1.165, 1.54) is 0 Å². The molecule has 0 saturated heterocycles. The van der Waals surface area contributed by atoms with E-state index in [2.05, 4.69) is 36.1 Å². The first-order chi connectivity index (χ1) is 9.63. The summed E-state index contributed by atoms with van der Waals surface area (Å²) in [5.41, 5.74) is 1.74. The van der Waals surface area contributed by atoms with Crippen molar-refractivity contribution < 1.29 is 0 Å². The van der Waals surface area contributed by atoms with Gasteiger partial charge < -0.3 is 4.90 Å². The molecule has 3 aromatic rings. The lowest BCUT2D eigenvalue weighted by molar-refractivity contribution is 0.973. The van der Waals surface area contributed by atoms with Crippen molar-refractivity contribution in [1.82, 2.24) is 20.2 Å². The van der Waals surface area contributed by atoms with Crippen LogP contribution < -0.4 is 4.90 Å². The summed E-state index contributed by atoms with van der Waals surface area (Å²) in [7, 11) is 3.91. The summed E-state index contributed by atoms with van der Waals surface area (Å²) in [5, 5.41) is 9.22.